The third-order valence-electron chi connectivity index (χ3n) is 4.80. The van der Waals surface area contributed by atoms with Gasteiger partial charge in [-0.05, 0) is 24.3 Å². The van der Waals surface area contributed by atoms with Crippen LogP contribution in [0.2, 0.25) is 0 Å². The smallest absolute Gasteiger partial charge is 0.161 e. The van der Waals surface area contributed by atoms with E-state index in [9.17, 15) is 8.42 Å². The summed E-state index contributed by atoms with van der Waals surface area (Å²) < 4.78 is 30.2. The minimum Gasteiger partial charge on any atom is -0.378 e. The van der Waals surface area contributed by atoms with Gasteiger partial charge in [0.1, 0.15) is 5.82 Å². The second kappa shape index (κ2) is 8.19. The minimum atomic E-state index is -3.43. The van der Waals surface area contributed by atoms with Crippen molar-refractivity contribution in [1.29, 1.82) is 5.26 Å². The molecule has 0 radical (unpaired) electrons. The maximum atomic E-state index is 12.4. The number of hydrogen-bond acceptors (Lipinski definition) is 7. The summed E-state index contributed by atoms with van der Waals surface area (Å²) in [5.41, 5.74) is 2.27. The Balaban J connectivity index is 1.74. The fraction of sp³-hybridized carbons (Fsp3) is 0.350. The Hall–Kier alpha value is -2.96. The van der Waals surface area contributed by atoms with Crippen LogP contribution < -0.4 is 4.90 Å². The maximum absolute atomic E-state index is 12.4. The van der Waals surface area contributed by atoms with Gasteiger partial charge in [0.15, 0.2) is 15.7 Å². The number of aromatic nitrogens is 3. The number of ether oxygens (including phenoxy) is 1. The second-order valence-electron chi connectivity index (χ2n) is 6.92. The van der Waals surface area contributed by atoms with Crippen LogP contribution in [0, 0.1) is 11.3 Å². The quantitative estimate of drug-likeness (QED) is 0.662. The first kappa shape index (κ1) is 19.4. The summed E-state index contributed by atoms with van der Waals surface area (Å²) in [6.45, 7) is 2.58. The topological polar surface area (TPSA) is 112 Å². The number of H-pyrrole nitrogens is 1. The molecular weight excluding hydrogens is 390 g/mol. The highest BCUT2D eigenvalue weighted by Gasteiger charge is 2.19. The molecule has 0 atom stereocenters. The lowest BCUT2D eigenvalue weighted by Crippen LogP contribution is -2.37. The number of nitrogens with one attached hydrogen (secondary N) is 1. The van der Waals surface area contributed by atoms with Gasteiger partial charge in [-0.25, -0.2) is 18.4 Å². The number of morpholine rings is 1. The molecule has 0 bridgehead atoms. The highest BCUT2D eigenvalue weighted by atomic mass is 32.2. The van der Waals surface area contributed by atoms with Crippen molar-refractivity contribution in [3.63, 3.8) is 0 Å². The average Bonchev–Trinajstić information content (AvgIpc) is 3.20. The Kier molecular flexibility index (Phi) is 5.47. The summed E-state index contributed by atoms with van der Waals surface area (Å²) in [7, 11) is -3.43. The van der Waals surface area contributed by atoms with Gasteiger partial charge in [0.2, 0.25) is 0 Å². The van der Waals surface area contributed by atoms with Crippen molar-refractivity contribution in [2.45, 2.75) is 12.2 Å². The van der Waals surface area contributed by atoms with Crippen molar-refractivity contribution in [1.82, 2.24) is 15.0 Å². The van der Waals surface area contributed by atoms with Crippen LogP contribution in [0.5, 0.6) is 0 Å². The average molecular weight is 411 g/mol. The SMILES string of the molecule is N#CCCS(=O)(=O)Cc1cc(N2CCOCC2)nc(-c2ccc3[nH]ccc3c2)n1. The normalized spacial score (nSPS) is 14.8. The van der Waals surface area contributed by atoms with Crippen molar-refractivity contribution in [3.8, 4) is 17.5 Å². The molecule has 29 heavy (non-hydrogen) atoms. The first-order chi connectivity index (χ1) is 14.0. The van der Waals surface area contributed by atoms with Crippen LogP contribution in [0.4, 0.5) is 5.82 Å². The molecule has 3 heterocycles. The van der Waals surface area contributed by atoms with Gasteiger partial charge in [-0.1, -0.05) is 0 Å². The van der Waals surface area contributed by atoms with E-state index in [1.165, 1.54) is 0 Å². The molecule has 8 nitrogen and oxygen atoms in total. The zero-order valence-electron chi connectivity index (χ0n) is 15.8. The van der Waals surface area contributed by atoms with E-state index in [1.807, 2.05) is 36.5 Å². The van der Waals surface area contributed by atoms with E-state index in [-0.39, 0.29) is 17.9 Å². The van der Waals surface area contributed by atoms with Crippen molar-refractivity contribution in [2.75, 3.05) is 37.0 Å². The van der Waals surface area contributed by atoms with Gasteiger partial charge in [0.25, 0.3) is 0 Å². The van der Waals surface area contributed by atoms with Crippen LogP contribution in [0.15, 0.2) is 36.5 Å². The molecule has 2 aromatic heterocycles. The minimum absolute atomic E-state index is 0.0270. The lowest BCUT2D eigenvalue weighted by atomic mass is 10.1. The van der Waals surface area contributed by atoms with Gasteiger partial charge >= 0.3 is 0 Å². The predicted molar refractivity (Wildman–Crippen MR) is 110 cm³/mol. The van der Waals surface area contributed by atoms with E-state index in [0.29, 0.717) is 43.6 Å². The molecule has 4 rings (SSSR count). The zero-order chi connectivity index (χ0) is 20.3. The first-order valence-electron chi connectivity index (χ1n) is 9.40. The van der Waals surface area contributed by atoms with Crippen LogP contribution in [0.25, 0.3) is 22.3 Å². The predicted octanol–water partition coefficient (Wildman–Crippen LogP) is 2.29. The molecule has 0 amide bonds. The molecule has 150 valence electrons. The molecule has 1 aromatic carbocycles. The highest BCUT2D eigenvalue weighted by Crippen LogP contribution is 2.25. The summed E-state index contributed by atoms with van der Waals surface area (Å²) in [6.07, 6.45) is 1.84. The van der Waals surface area contributed by atoms with Gasteiger partial charge in [0, 0.05) is 48.2 Å². The van der Waals surface area contributed by atoms with E-state index in [0.717, 1.165) is 16.5 Å². The summed E-state index contributed by atoms with van der Waals surface area (Å²) in [5, 5.41) is 9.74. The molecule has 0 spiro atoms. The summed E-state index contributed by atoms with van der Waals surface area (Å²) >= 11 is 0. The Morgan fingerprint density at radius 2 is 2.00 bits per heavy atom. The van der Waals surface area contributed by atoms with Gasteiger partial charge in [-0.15, -0.1) is 0 Å². The number of sulfone groups is 1. The largest absolute Gasteiger partial charge is 0.378 e. The lowest BCUT2D eigenvalue weighted by molar-refractivity contribution is 0.122. The number of hydrogen-bond donors (Lipinski definition) is 1. The number of anilines is 1. The van der Waals surface area contributed by atoms with Crippen molar-refractivity contribution >= 4 is 26.6 Å². The molecular formula is C20H21N5O3S. The molecule has 0 saturated carbocycles. The van der Waals surface area contributed by atoms with Gasteiger partial charge in [-0.3, -0.25) is 0 Å². The van der Waals surface area contributed by atoms with E-state index < -0.39 is 9.84 Å². The third kappa shape index (κ3) is 4.55. The van der Waals surface area contributed by atoms with Crippen molar-refractivity contribution in [3.05, 3.63) is 42.2 Å². The molecule has 1 aliphatic heterocycles. The molecule has 9 heteroatoms. The molecule has 0 aliphatic carbocycles. The number of nitriles is 1. The van der Waals surface area contributed by atoms with Crippen LogP contribution in [0.1, 0.15) is 12.1 Å². The third-order valence-corrected chi connectivity index (χ3v) is 6.37. The van der Waals surface area contributed by atoms with Gasteiger partial charge < -0.3 is 14.6 Å². The Labute approximate surface area is 169 Å². The van der Waals surface area contributed by atoms with Crippen molar-refractivity contribution < 1.29 is 13.2 Å². The summed E-state index contributed by atoms with van der Waals surface area (Å²) in [6, 6.07) is 11.5. The first-order valence-corrected chi connectivity index (χ1v) is 11.2. The molecule has 1 N–H and O–H groups in total. The van der Waals surface area contributed by atoms with Gasteiger partial charge in [0.05, 0.1) is 36.5 Å². The fourth-order valence-corrected chi connectivity index (χ4v) is 4.48. The van der Waals surface area contributed by atoms with E-state index >= 15 is 0 Å². The van der Waals surface area contributed by atoms with E-state index in [2.05, 4.69) is 14.9 Å². The highest BCUT2D eigenvalue weighted by molar-refractivity contribution is 7.90. The van der Waals surface area contributed by atoms with Gasteiger partial charge in [-0.2, -0.15) is 5.26 Å². The second-order valence-corrected chi connectivity index (χ2v) is 9.10. The molecule has 1 fully saturated rings. The standard InChI is InChI=1S/C20H21N5O3S/c21-5-1-11-29(26,27)14-17-13-19(25-7-9-28-10-8-25)24-20(23-17)16-2-3-18-15(12-16)4-6-22-18/h2-4,6,12-13,22H,1,7-11,14H2. The molecule has 1 aliphatic rings. The summed E-state index contributed by atoms with van der Waals surface area (Å²) in [4.78, 5) is 14.5. The van der Waals surface area contributed by atoms with Crippen molar-refractivity contribution in [2.24, 2.45) is 0 Å². The number of fused-ring (bicyclic) bond motifs is 1. The van der Waals surface area contributed by atoms with Crippen LogP contribution >= 0.6 is 0 Å². The Morgan fingerprint density at radius 1 is 1.17 bits per heavy atom. The zero-order valence-corrected chi connectivity index (χ0v) is 16.7. The van der Waals surface area contributed by atoms with Crippen LogP contribution in [-0.2, 0) is 20.3 Å². The monoisotopic (exact) mass is 411 g/mol. The number of benzene rings is 1. The van der Waals surface area contributed by atoms with E-state index in [4.69, 9.17) is 15.0 Å². The molecule has 1 saturated heterocycles. The maximum Gasteiger partial charge on any atom is 0.161 e. The molecule has 3 aromatic rings. The summed E-state index contributed by atoms with van der Waals surface area (Å²) in [5.74, 6) is 0.791. The lowest BCUT2D eigenvalue weighted by Gasteiger charge is -2.28. The van der Waals surface area contributed by atoms with E-state index in [1.54, 1.807) is 6.07 Å². The van der Waals surface area contributed by atoms with Crippen LogP contribution in [0.3, 0.4) is 0 Å². The van der Waals surface area contributed by atoms with Crippen LogP contribution in [-0.4, -0.2) is 55.4 Å². The number of nitrogens with zero attached hydrogens (tertiary/aromatic N) is 4. The number of aromatic amines is 1. The Bertz CT molecular complexity index is 1160. The number of rotatable bonds is 6. The Morgan fingerprint density at radius 3 is 2.79 bits per heavy atom. The fourth-order valence-electron chi connectivity index (χ4n) is 3.33. The molecule has 0 unspecified atom stereocenters.